The van der Waals surface area contributed by atoms with E-state index in [1.54, 1.807) is 7.11 Å². The van der Waals surface area contributed by atoms with Crippen molar-refractivity contribution in [3.05, 3.63) is 35.9 Å². The first-order chi connectivity index (χ1) is 8.74. The highest BCUT2D eigenvalue weighted by atomic mass is 32.1. The van der Waals surface area contributed by atoms with E-state index >= 15 is 0 Å². The van der Waals surface area contributed by atoms with Crippen LogP contribution in [0, 0.1) is 0 Å². The molecule has 1 aromatic carbocycles. The van der Waals surface area contributed by atoms with Gasteiger partial charge in [0.2, 0.25) is 0 Å². The summed E-state index contributed by atoms with van der Waals surface area (Å²) >= 11 is 5.21. The van der Waals surface area contributed by atoms with Gasteiger partial charge in [-0.1, -0.05) is 37.3 Å². The molecule has 0 radical (unpaired) electrons. The molecule has 2 N–H and O–H groups in total. The van der Waals surface area contributed by atoms with E-state index in [-0.39, 0.29) is 0 Å². The predicted molar refractivity (Wildman–Crippen MR) is 80.0 cm³/mol. The third-order valence-electron chi connectivity index (χ3n) is 2.75. The Balaban J connectivity index is 2.18. The molecule has 3 nitrogen and oxygen atoms in total. The topological polar surface area (TPSA) is 33.3 Å². The average molecular weight is 266 g/mol. The lowest BCUT2D eigenvalue weighted by Crippen LogP contribution is -2.37. The van der Waals surface area contributed by atoms with E-state index in [4.69, 9.17) is 17.0 Å². The molecule has 18 heavy (non-hydrogen) atoms. The van der Waals surface area contributed by atoms with Crippen molar-refractivity contribution in [3.8, 4) is 0 Å². The van der Waals surface area contributed by atoms with Gasteiger partial charge in [-0.05, 0) is 30.1 Å². The molecule has 0 aliphatic rings. The van der Waals surface area contributed by atoms with Gasteiger partial charge in [-0.25, -0.2) is 0 Å². The van der Waals surface area contributed by atoms with Gasteiger partial charge < -0.3 is 15.4 Å². The van der Waals surface area contributed by atoms with Gasteiger partial charge in [0, 0.05) is 26.8 Å². The monoisotopic (exact) mass is 266 g/mol. The van der Waals surface area contributed by atoms with Crippen LogP contribution in [0.5, 0.6) is 0 Å². The molecule has 0 heterocycles. The molecule has 0 saturated heterocycles. The predicted octanol–water partition coefficient (Wildman–Crippen LogP) is 2.29. The van der Waals surface area contributed by atoms with Gasteiger partial charge in [0.05, 0.1) is 0 Å². The molecule has 1 aromatic rings. The van der Waals surface area contributed by atoms with Crippen LogP contribution in [0.3, 0.4) is 0 Å². The van der Waals surface area contributed by atoms with Crippen LogP contribution in [0.25, 0.3) is 0 Å². The maximum atomic E-state index is 5.21. The number of rotatable bonds is 7. The number of thiocarbonyl (C=S) groups is 1. The minimum absolute atomic E-state index is 0.449. The first-order valence-corrected chi connectivity index (χ1v) is 6.70. The van der Waals surface area contributed by atoms with Crippen LogP contribution < -0.4 is 10.6 Å². The Morgan fingerprint density at radius 2 is 2.00 bits per heavy atom. The van der Waals surface area contributed by atoms with Crippen LogP contribution in [0.4, 0.5) is 0 Å². The Morgan fingerprint density at radius 3 is 2.67 bits per heavy atom. The number of nitrogens with one attached hydrogen (secondary N) is 2. The molecule has 0 amide bonds. The van der Waals surface area contributed by atoms with E-state index in [1.807, 2.05) is 6.07 Å². The Hall–Kier alpha value is -1.13. The molecular weight excluding hydrogens is 244 g/mol. The summed E-state index contributed by atoms with van der Waals surface area (Å²) in [6, 6.07) is 10.4. The second-order valence-electron chi connectivity index (χ2n) is 4.29. The summed E-state index contributed by atoms with van der Waals surface area (Å²) in [5.41, 5.74) is 1.33. The van der Waals surface area contributed by atoms with Crippen LogP contribution in [0.2, 0.25) is 0 Å². The summed E-state index contributed by atoms with van der Waals surface area (Å²) in [5, 5.41) is 7.12. The number of hydrogen-bond acceptors (Lipinski definition) is 2. The van der Waals surface area contributed by atoms with Crippen molar-refractivity contribution in [2.45, 2.75) is 19.3 Å². The molecule has 0 aliphatic carbocycles. The SMILES string of the molecule is COCCCNC(=S)NCC(C)c1ccccc1. The van der Waals surface area contributed by atoms with Crippen LogP contribution in [-0.2, 0) is 4.74 Å². The second kappa shape index (κ2) is 8.89. The summed E-state index contributed by atoms with van der Waals surface area (Å²) in [7, 11) is 1.71. The van der Waals surface area contributed by atoms with Crippen LogP contribution in [0.15, 0.2) is 30.3 Å². The summed E-state index contributed by atoms with van der Waals surface area (Å²) in [5.74, 6) is 0.449. The molecule has 100 valence electrons. The van der Waals surface area contributed by atoms with E-state index in [0.717, 1.165) is 26.1 Å². The second-order valence-corrected chi connectivity index (χ2v) is 4.70. The molecule has 1 rings (SSSR count). The lowest BCUT2D eigenvalue weighted by atomic mass is 10.0. The molecule has 1 unspecified atom stereocenters. The molecule has 0 saturated carbocycles. The number of methoxy groups -OCH3 is 1. The highest BCUT2D eigenvalue weighted by molar-refractivity contribution is 7.80. The van der Waals surface area contributed by atoms with Gasteiger partial charge in [0.1, 0.15) is 0 Å². The fourth-order valence-electron chi connectivity index (χ4n) is 1.63. The third-order valence-corrected chi connectivity index (χ3v) is 3.04. The van der Waals surface area contributed by atoms with Gasteiger partial charge >= 0.3 is 0 Å². The maximum absolute atomic E-state index is 5.21. The average Bonchev–Trinajstić information content (AvgIpc) is 2.42. The van der Waals surface area contributed by atoms with Crippen molar-refractivity contribution in [1.82, 2.24) is 10.6 Å². The van der Waals surface area contributed by atoms with Gasteiger partial charge in [-0.3, -0.25) is 0 Å². The summed E-state index contributed by atoms with van der Waals surface area (Å²) < 4.78 is 4.98. The van der Waals surface area contributed by atoms with Crippen LogP contribution in [-0.4, -0.2) is 31.9 Å². The zero-order valence-electron chi connectivity index (χ0n) is 11.1. The number of benzene rings is 1. The molecule has 0 aliphatic heterocycles. The minimum atomic E-state index is 0.449. The number of ether oxygens (including phenoxy) is 1. The van der Waals surface area contributed by atoms with E-state index in [1.165, 1.54) is 5.56 Å². The Kier molecular flexibility index (Phi) is 7.37. The standard InChI is InChI=1S/C14H22N2OS/c1-12(13-7-4-3-5-8-13)11-16-14(18)15-9-6-10-17-2/h3-5,7-8,12H,6,9-11H2,1-2H3,(H2,15,16,18). The molecule has 0 fully saturated rings. The largest absolute Gasteiger partial charge is 0.385 e. The van der Waals surface area contributed by atoms with Crippen LogP contribution >= 0.6 is 12.2 Å². The summed E-state index contributed by atoms with van der Waals surface area (Å²) in [6.45, 7) is 4.64. The van der Waals surface area contributed by atoms with Crippen molar-refractivity contribution >= 4 is 17.3 Å². The minimum Gasteiger partial charge on any atom is -0.385 e. The molecule has 0 aromatic heterocycles. The highest BCUT2D eigenvalue weighted by Gasteiger charge is 2.04. The van der Waals surface area contributed by atoms with E-state index in [2.05, 4.69) is 41.8 Å². The van der Waals surface area contributed by atoms with Crippen molar-refractivity contribution in [2.75, 3.05) is 26.8 Å². The molecular formula is C14H22N2OS. The highest BCUT2D eigenvalue weighted by Crippen LogP contribution is 2.12. The fourth-order valence-corrected chi connectivity index (χ4v) is 1.81. The maximum Gasteiger partial charge on any atom is 0.166 e. The Morgan fingerprint density at radius 1 is 1.28 bits per heavy atom. The summed E-state index contributed by atoms with van der Waals surface area (Å²) in [4.78, 5) is 0. The molecule has 0 bridgehead atoms. The number of hydrogen-bond donors (Lipinski definition) is 2. The zero-order valence-corrected chi connectivity index (χ0v) is 11.9. The fraction of sp³-hybridized carbons (Fsp3) is 0.500. The van der Waals surface area contributed by atoms with Crippen LogP contribution in [0.1, 0.15) is 24.8 Å². The van der Waals surface area contributed by atoms with E-state index in [9.17, 15) is 0 Å². The molecule has 0 spiro atoms. The first-order valence-electron chi connectivity index (χ1n) is 6.29. The van der Waals surface area contributed by atoms with Crippen molar-refractivity contribution in [3.63, 3.8) is 0 Å². The normalized spacial score (nSPS) is 11.9. The first kappa shape index (κ1) is 14.9. The van der Waals surface area contributed by atoms with Gasteiger partial charge in [-0.2, -0.15) is 0 Å². The third kappa shape index (κ3) is 5.98. The van der Waals surface area contributed by atoms with Gasteiger partial charge in [0.15, 0.2) is 5.11 Å². The zero-order chi connectivity index (χ0) is 13.2. The lowest BCUT2D eigenvalue weighted by Gasteiger charge is -2.15. The van der Waals surface area contributed by atoms with E-state index < -0.39 is 0 Å². The Bertz CT molecular complexity index is 343. The van der Waals surface area contributed by atoms with Crippen molar-refractivity contribution < 1.29 is 4.74 Å². The van der Waals surface area contributed by atoms with E-state index in [0.29, 0.717) is 11.0 Å². The molecule has 4 heteroatoms. The lowest BCUT2D eigenvalue weighted by molar-refractivity contribution is 0.195. The smallest absolute Gasteiger partial charge is 0.166 e. The summed E-state index contributed by atoms with van der Waals surface area (Å²) in [6.07, 6.45) is 0.965. The quantitative estimate of drug-likeness (QED) is 0.586. The van der Waals surface area contributed by atoms with Gasteiger partial charge in [0.25, 0.3) is 0 Å². The van der Waals surface area contributed by atoms with Gasteiger partial charge in [-0.15, -0.1) is 0 Å². The van der Waals surface area contributed by atoms with Crippen molar-refractivity contribution in [1.29, 1.82) is 0 Å². The molecule has 1 atom stereocenters. The van der Waals surface area contributed by atoms with Crippen molar-refractivity contribution in [2.24, 2.45) is 0 Å². The Labute approximate surface area is 115 Å².